The van der Waals surface area contributed by atoms with Gasteiger partial charge in [0.25, 0.3) is 0 Å². The topological polar surface area (TPSA) is 86.7 Å². The van der Waals surface area contributed by atoms with Gasteiger partial charge in [-0.2, -0.15) is 0 Å². The van der Waals surface area contributed by atoms with E-state index in [4.69, 9.17) is 9.47 Å². The summed E-state index contributed by atoms with van der Waals surface area (Å²) in [4.78, 5) is 48.2. The first-order chi connectivity index (χ1) is 10.5. The van der Waals surface area contributed by atoms with Gasteiger partial charge in [-0.05, 0) is 54.4 Å². The van der Waals surface area contributed by atoms with Gasteiger partial charge in [0, 0.05) is 0 Å². The van der Waals surface area contributed by atoms with Crippen LogP contribution in [0.25, 0.3) is 0 Å². The van der Waals surface area contributed by atoms with Crippen LogP contribution in [0.2, 0.25) is 0 Å². The summed E-state index contributed by atoms with van der Waals surface area (Å²) in [5.74, 6) is -3.24. The standard InChI is InChI=1S/C18H30O6/c1-11(2)18(9,15(22)24-14(21)17(6,7)8)10-12(19)23-13(20)16(3,4)5/h11H,10H2,1-9H3. The summed E-state index contributed by atoms with van der Waals surface area (Å²) in [6.07, 6.45) is -0.345. The molecule has 0 aromatic heterocycles. The monoisotopic (exact) mass is 342 g/mol. The maximum absolute atomic E-state index is 12.4. The molecule has 0 bridgehead atoms. The average Bonchev–Trinajstić information content (AvgIpc) is 2.35. The van der Waals surface area contributed by atoms with Gasteiger partial charge in [-0.25, -0.2) is 0 Å². The summed E-state index contributed by atoms with van der Waals surface area (Å²) in [7, 11) is 0. The van der Waals surface area contributed by atoms with E-state index in [0.29, 0.717) is 0 Å². The molecule has 0 N–H and O–H groups in total. The second-order valence-corrected chi connectivity index (χ2v) is 8.69. The number of esters is 4. The molecule has 1 unspecified atom stereocenters. The molecular formula is C18H30O6. The van der Waals surface area contributed by atoms with Crippen LogP contribution in [0.5, 0.6) is 0 Å². The zero-order chi connectivity index (χ0) is 19.5. The molecule has 0 fully saturated rings. The summed E-state index contributed by atoms with van der Waals surface area (Å²) < 4.78 is 9.76. The average molecular weight is 342 g/mol. The van der Waals surface area contributed by atoms with E-state index in [1.54, 1.807) is 55.4 Å². The van der Waals surface area contributed by atoms with E-state index in [9.17, 15) is 19.2 Å². The van der Waals surface area contributed by atoms with E-state index in [1.807, 2.05) is 0 Å². The van der Waals surface area contributed by atoms with Crippen LogP contribution in [-0.4, -0.2) is 23.9 Å². The van der Waals surface area contributed by atoms with Crippen molar-refractivity contribution in [3.8, 4) is 0 Å². The Morgan fingerprint density at radius 1 is 0.708 bits per heavy atom. The normalized spacial score (nSPS) is 14.8. The lowest BCUT2D eigenvalue weighted by Crippen LogP contribution is -2.41. The Hall–Kier alpha value is -1.72. The molecule has 0 radical (unpaired) electrons. The highest BCUT2D eigenvalue weighted by molar-refractivity contribution is 5.95. The van der Waals surface area contributed by atoms with Crippen molar-refractivity contribution in [1.29, 1.82) is 0 Å². The van der Waals surface area contributed by atoms with Crippen molar-refractivity contribution in [3.05, 3.63) is 0 Å². The molecule has 0 saturated heterocycles. The fourth-order valence-corrected chi connectivity index (χ4v) is 1.46. The van der Waals surface area contributed by atoms with E-state index in [2.05, 4.69) is 0 Å². The summed E-state index contributed by atoms with van der Waals surface area (Å²) in [5, 5.41) is 0. The first-order valence-corrected chi connectivity index (χ1v) is 8.03. The van der Waals surface area contributed by atoms with Crippen LogP contribution in [0.3, 0.4) is 0 Å². The maximum atomic E-state index is 12.4. The third-order valence-electron chi connectivity index (χ3n) is 3.87. The molecule has 0 amide bonds. The fraction of sp³-hybridized carbons (Fsp3) is 0.778. The molecule has 0 spiro atoms. The molecule has 138 valence electrons. The molecule has 0 aliphatic heterocycles. The van der Waals surface area contributed by atoms with E-state index in [0.717, 1.165) is 0 Å². The highest BCUT2D eigenvalue weighted by Gasteiger charge is 2.44. The van der Waals surface area contributed by atoms with Crippen LogP contribution in [0, 0.1) is 22.2 Å². The van der Waals surface area contributed by atoms with Crippen LogP contribution in [-0.2, 0) is 28.7 Å². The van der Waals surface area contributed by atoms with E-state index < -0.39 is 40.1 Å². The number of carbonyl (C=O) groups excluding carboxylic acids is 4. The Morgan fingerprint density at radius 3 is 1.42 bits per heavy atom. The van der Waals surface area contributed by atoms with Crippen molar-refractivity contribution in [1.82, 2.24) is 0 Å². The molecule has 0 aromatic rings. The van der Waals surface area contributed by atoms with Crippen LogP contribution in [0.15, 0.2) is 0 Å². The van der Waals surface area contributed by atoms with Crippen LogP contribution >= 0.6 is 0 Å². The molecule has 0 aliphatic rings. The van der Waals surface area contributed by atoms with Crippen molar-refractivity contribution in [2.45, 2.75) is 68.7 Å². The van der Waals surface area contributed by atoms with Gasteiger partial charge in [0.1, 0.15) is 0 Å². The lowest BCUT2D eigenvalue weighted by atomic mass is 9.76. The maximum Gasteiger partial charge on any atom is 0.320 e. The van der Waals surface area contributed by atoms with Gasteiger partial charge >= 0.3 is 23.9 Å². The van der Waals surface area contributed by atoms with Crippen molar-refractivity contribution >= 4 is 23.9 Å². The van der Waals surface area contributed by atoms with Crippen LogP contribution in [0.1, 0.15) is 68.7 Å². The van der Waals surface area contributed by atoms with Crippen molar-refractivity contribution in [3.63, 3.8) is 0 Å². The smallest absolute Gasteiger partial charge is 0.320 e. The van der Waals surface area contributed by atoms with Gasteiger partial charge in [0.15, 0.2) is 0 Å². The van der Waals surface area contributed by atoms with Gasteiger partial charge in [-0.15, -0.1) is 0 Å². The Kier molecular flexibility index (Phi) is 6.91. The summed E-state index contributed by atoms with van der Waals surface area (Å²) in [5.41, 5.74) is -2.93. The summed E-state index contributed by atoms with van der Waals surface area (Å²) in [6.45, 7) is 14.8. The predicted molar refractivity (Wildman–Crippen MR) is 88.7 cm³/mol. The molecule has 6 nitrogen and oxygen atoms in total. The lowest BCUT2D eigenvalue weighted by molar-refractivity contribution is -0.179. The first kappa shape index (κ1) is 22.3. The molecule has 0 saturated carbocycles. The van der Waals surface area contributed by atoms with Crippen LogP contribution < -0.4 is 0 Å². The quantitative estimate of drug-likeness (QED) is 0.575. The zero-order valence-corrected chi connectivity index (χ0v) is 16.2. The molecule has 0 rings (SSSR count). The molecule has 0 aliphatic carbocycles. The van der Waals surface area contributed by atoms with Gasteiger partial charge in [0.2, 0.25) is 0 Å². The largest absolute Gasteiger partial charge is 0.393 e. The highest BCUT2D eigenvalue weighted by atomic mass is 16.6. The van der Waals surface area contributed by atoms with Crippen molar-refractivity contribution in [2.24, 2.45) is 22.2 Å². The first-order valence-electron chi connectivity index (χ1n) is 8.03. The molecule has 0 aromatic carbocycles. The minimum atomic E-state index is -1.27. The van der Waals surface area contributed by atoms with E-state index >= 15 is 0 Å². The second-order valence-electron chi connectivity index (χ2n) is 8.69. The third-order valence-corrected chi connectivity index (χ3v) is 3.87. The summed E-state index contributed by atoms with van der Waals surface area (Å²) >= 11 is 0. The fourth-order valence-electron chi connectivity index (χ4n) is 1.46. The van der Waals surface area contributed by atoms with Crippen LogP contribution in [0.4, 0.5) is 0 Å². The lowest BCUT2D eigenvalue weighted by Gasteiger charge is -2.31. The molecule has 0 heterocycles. The number of hydrogen-bond acceptors (Lipinski definition) is 6. The number of rotatable bonds is 4. The number of ether oxygens (including phenoxy) is 2. The highest BCUT2D eigenvalue weighted by Crippen LogP contribution is 2.34. The minimum absolute atomic E-state index is 0.296. The third kappa shape index (κ3) is 6.06. The van der Waals surface area contributed by atoms with Gasteiger partial charge in [0.05, 0.1) is 22.7 Å². The Bertz CT molecular complexity index is 519. The Labute approximate surface area is 144 Å². The second kappa shape index (κ2) is 7.45. The van der Waals surface area contributed by atoms with Gasteiger partial charge in [-0.3, -0.25) is 19.2 Å². The number of hydrogen-bond donors (Lipinski definition) is 0. The molecule has 1 atom stereocenters. The Morgan fingerprint density at radius 2 is 1.08 bits per heavy atom. The number of carbonyl (C=O) groups is 4. The SMILES string of the molecule is CC(C)C(C)(CC(=O)OC(=O)C(C)(C)C)C(=O)OC(=O)C(C)(C)C. The summed E-state index contributed by atoms with van der Waals surface area (Å²) in [6, 6.07) is 0. The Balaban J connectivity index is 5.20. The van der Waals surface area contributed by atoms with Gasteiger partial charge < -0.3 is 9.47 Å². The zero-order valence-electron chi connectivity index (χ0n) is 16.2. The van der Waals surface area contributed by atoms with Crippen molar-refractivity contribution in [2.75, 3.05) is 0 Å². The molecule has 24 heavy (non-hydrogen) atoms. The predicted octanol–water partition coefficient (Wildman–Crippen LogP) is 3.27. The molecule has 6 heteroatoms. The van der Waals surface area contributed by atoms with Gasteiger partial charge in [-0.1, -0.05) is 13.8 Å². The minimum Gasteiger partial charge on any atom is -0.393 e. The molecular weight excluding hydrogens is 312 g/mol. The van der Waals surface area contributed by atoms with E-state index in [-0.39, 0.29) is 12.3 Å². The van der Waals surface area contributed by atoms with Crippen molar-refractivity contribution < 1.29 is 28.7 Å². The van der Waals surface area contributed by atoms with E-state index in [1.165, 1.54) is 6.92 Å².